The maximum absolute atomic E-state index is 4.73. The molecule has 1 aliphatic rings. The minimum absolute atomic E-state index is 0.249. The molecular formula is C20H27N3. The first kappa shape index (κ1) is 16.2. The molecule has 1 fully saturated rings. The highest BCUT2D eigenvalue weighted by atomic mass is 15.2. The van der Waals surface area contributed by atoms with Gasteiger partial charge in [0.2, 0.25) is 0 Å². The van der Waals surface area contributed by atoms with Crippen LogP contribution in [-0.4, -0.2) is 36.1 Å². The summed E-state index contributed by atoms with van der Waals surface area (Å²) >= 11 is 0. The molecule has 2 aromatic rings. The quantitative estimate of drug-likeness (QED) is 0.937. The van der Waals surface area contributed by atoms with Crippen LogP contribution in [0.4, 0.5) is 0 Å². The molecular weight excluding hydrogens is 282 g/mol. The minimum Gasteiger partial charge on any atom is -0.314 e. The van der Waals surface area contributed by atoms with E-state index in [1.165, 1.54) is 16.7 Å². The first-order chi connectivity index (χ1) is 11.1. The zero-order valence-electron chi connectivity index (χ0n) is 14.4. The zero-order valence-corrected chi connectivity index (χ0v) is 14.4. The Labute approximate surface area is 139 Å². The number of pyridine rings is 1. The van der Waals surface area contributed by atoms with Crippen molar-refractivity contribution in [3.05, 3.63) is 65.0 Å². The van der Waals surface area contributed by atoms with Gasteiger partial charge in [0.15, 0.2) is 0 Å². The smallest absolute Gasteiger partial charge is 0.0777 e. The Morgan fingerprint density at radius 3 is 2.17 bits per heavy atom. The highest BCUT2D eigenvalue weighted by Gasteiger charge is 2.24. The van der Waals surface area contributed by atoms with Crippen LogP contribution < -0.4 is 5.32 Å². The highest BCUT2D eigenvalue weighted by molar-refractivity contribution is 5.32. The highest BCUT2D eigenvalue weighted by Crippen LogP contribution is 2.29. The van der Waals surface area contributed by atoms with Crippen LogP contribution in [0.25, 0.3) is 0 Å². The van der Waals surface area contributed by atoms with Crippen LogP contribution in [0, 0.1) is 6.92 Å². The average molecular weight is 309 g/mol. The van der Waals surface area contributed by atoms with Crippen molar-refractivity contribution in [1.29, 1.82) is 0 Å². The standard InChI is InChI=1S/C20H27N3/c1-15(2)17-5-7-18(8-6-17)20(23-12-10-21-11-13-23)19-9-4-16(3)14-22-19/h4-9,14-15,20-21H,10-13H2,1-3H3. The number of nitrogens with zero attached hydrogens (tertiary/aromatic N) is 2. The maximum atomic E-state index is 4.73. The van der Waals surface area contributed by atoms with Crippen LogP contribution in [-0.2, 0) is 0 Å². The van der Waals surface area contributed by atoms with Gasteiger partial charge >= 0.3 is 0 Å². The second kappa shape index (κ2) is 7.24. The summed E-state index contributed by atoms with van der Waals surface area (Å²) in [7, 11) is 0. The molecule has 1 atom stereocenters. The van der Waals surface area contributed by atoms with Gasteiger partial charge in [-0.3, -0.25) is 9.88 Å². The number of benzene rings is 1. The van der Waals surface area contributed by atoms with Crippen molar-refractivity contribution in [1.82, 2.24) is 15.2 Å². The zero-order chi connectivity index (χ0) is 16.2. The molecule has 2 heterocycles. The Bertz CT molecular complexity index is 610. The van der Waals surface area contributed by atoms with E-state index in [-0.39, 0.29) is 6.04 Å². The van der Waals surface area contributed by atoms with Crippen molar-refractivity contribution in [3.63, 3.8) is 0 Å². The van der Waals surface area contributed by atoms with Gasteiger partial charge in [-0.15, -0.1) is 0 Å². The molecule has 122 valence electrons. The van der Waals surface area contributed by atoms with Crippen molar-refractivity contribution in [2.24, 2.45) is 0 Å². The summed E-state index contributed by atoms with van der Waals surface area (Å²) in [6.07, 6.45) is 1.98. The van der Waals surface area contributed by atoms with E-state index >= 15 is 0 Å². The van der Waals surface area contributed by atoms with Gasteiger partial charge in [-0.25, -0.2) is 0 Å². The maximum Gasteiger partial charge on any atom is 0.0777 e. The third kappa shape index (κ3) is 3.80. The van der Waals surface area contributed by atoms with Gasteiger partial charge in [-0.1, -0.05) is 44.2 Å². The van der Waals surface area contributed by atoms with Crippen molar-refractivity contribution >= 4 is 0 Å². The molecule has 0 spiro atoms. The molecule has 1 aromatic carbocycles. The normalized spacial score (nSPS) is 17.4. The van der Waals surface area contributed by atoms with E-state index in [9.17, 15) is 0 Å². The first-order valence-corrected chi connectivity index (χ1v) is 8.62. The van der Waals surface area contributed by atoms with E-state index < -0.39 is 0 Å². The van der Waals surface area contributed by atoms with Crippen LogP contribution in [0.15, 0.2) is 42.6 Å². The SMILES string of the molecule is Cc1ccc(C(c2ccc(C(C)C)cc2)N2CCNCC2)nc1. The molecule has 1 saturated heterocycles. The van der Waals surface area contributed by atoms with Crippen molar-refractivity contribution in [2.75, 3.05) is 26.2 Å². The second-order valence-corrected chi connectivity index (χ2v) is 6.77. The minimum atomic E-state index is 0.249. The summed E-state index contributed by atoms with van der Waals surface area (Å²) in [6.45, 7) is 10.8. The monoisotopic (exact) mass is 309 g/mol. The number of hydrogen-bond acceptors (Lipinski definition) is 3. The third-order valence-electron chi connectivity index (χ3n) is 4.65. The Hall–Kier alpha value is -1.71. The first-order valence-electron chi connectivity index (χ1n) is 8.62. The molecule has 1 aromatic heterocycles. The molecule has 1 aliphatic heterocycles. The van der Waals surface area contributed by atoms with Crippen molar-refractivity contribution in [2.45, 2.75) is 32.7 Å². The number of hydrogen-bond donors (Lipinski definition) is 1. The predicted molar refractivity (Wildman–Crippen MR) is 95.8 cm³/mol. The molecule has 0 aliphatic carbocycles. The molecule has 3 nitrogen and oxygen atoms in total. The van der Waals surface area contributed by atoms with Crippen LogP contribution in [0.2, 0.25) is 0 Å². The second-order valence-electron chi connectivity index (χ2n) is 6.77. The lowest BCUT2D eigenvalue weighted by Crippen LogP contribution is -2.45. The van der Waals surface area contributed by atoms with E-state index in [1.54, 1.807) is 0 Å². The van der Waals surface area contributed by atoms with Crippen molar-refractivity contribution < 1.29 is 0 Å². The van der Waals surface area contributed by atoms with Gasteiger partial charge in [0.1, 0.15) is 0 Å². The Morgan fingerprint density at radius 1 is 0.957 bits per heavy atom. The fraction of sp³-hybridized carbons (Fsp3) is 0.450. The lowest BCUT2D eigenvalue weighted by atomic mass is 9.96. The van der Waals surface area contributed by atoms with Gasteiger partial charge in [0.25, 0.3) is 0 Å². The van der Waals surface area contributed by atoms with Crippen LogP contribution in [0.3, 0.4) is 0 Å². The van der Waals surface area contributed by atoms with Crippen LogP contribution in [0.1, 0.15) is 48.2 Å². The number of aromatic nitrogens is 1. The number of nitrogens with one attached hydrogen (secondary N) is 1. The van der Waals surface area contributed by atoms with Crippen molar-refractivity contribution in [3.8, 4) is 0 Å². The molecule has 0 bridgehead atoms. The fourth-order valence-electron chi connectivity index (χ4n) is 3.21. The largest absolute Gasteiger partial charge is 0.314 e. The molecule has 0 saturated carbocycles. The van der Waals surface area contributed by atoms with Gasteiger partial charge in [-0.2, -0.15) is 0 Å². The number of aryl methyl sites for hydroxylation is 1. The van der Waals surface area contributed by atoms with Gasteiger partial charge in [0.05, 0.1) is 11.7 Å². The molecule has 3 heteroatoms. The predicted octanol–water partition coefficient (Wildman–Crippen LogP) is 3.51. The van der Waals surface area contributed by atoms with Gasteiger partial charge < -0.3 is 5.32 Å². The van der Waals surface area contributed by atoms with Crippen LogP contribution in [0.5, 0.6) is 0 Å². The summed E-state index contributed by atoms with van der Waals surface area (Å²) in [6, 6.07) is 13.7. The molecule has 3 rings (SSSR count). The molecule has 0 radical (unpaired) electrons. The number of piperazine rings is 1. The van der Waals surface area contributed by atoms with Gasteiger partial charge in [-0.05, 0) is 35.6 Å². The summed E-state index contributed by atoms with van der Waals surface area (Å²) in [5.74, 6) is 0.569. The lowest BCUT2D eigenvalue weighted by molar-refractivity contribution is 0.195. The topological polar surface area (TPSA) is 28.2 Å². The summed E-state index contributed by atoms with van der Waals surface area (Å²) in [5.41, 5.74) is 5.09. The molecule has 0 amide bonds. The molecule has 1 N–H and O–H groups in total. The van der Waals surface area contributed by atoms with E-state index in [0.717, 1.165) is 31.9 Å². The Kier molecular flexibility index (Phi) is 5.09. The van der Waals surface area contributed by atoms with E-state index in [2.05, 4.69) is 67.4 Å². The fourth-order valence-corrected chi connectivity index (χ4v) is 3.21. The Morgan fingerprint density at radius 2 is 1.61 bits per heavy atom. The Balaban J connectivity index is 1.95. The number of rotatable bonds is 4. The summed E-state index contributed by atoms with van der Waals surface area (Å²) < 4.78 is 0. The summed E-state index contributed by atoms with van der Waals surface area (Å²) in [4.78, 5) is 7.27. The van der Waals surface area contributed by atoms with Gasteiger partial charge in [0, 0.05) is 32.4 Å². The van der Waals surface area contributed by atoms with Crippen LogP contribution >= 0.6 is 0 Å². The average Bonchev–Trinajstić information content (AvgIpc) is 2.58. The molecule has 23 heavy (non-hydrogen) atoms. The lowest BCUT2D eigenvalue weighted by Gasteiger charge is -2.35. The van der Waals surface area contributed by atoms with E-state index in [1.807, 2.05) is 6.20 Å². The summed E-state index contributed by atoms with van der Waals surface area (Å²) in [5, 5.41) is 3.44. The van der Waals surface area contributed by atoms with E-state index in [4.69, 9.17) is 4.98 Å². The third-order valence-corrected chi connectivity index (χ3v) is 4.65. The molecule has 1 unspecified atom stereocenters. The van der Waals surface area contributed by atoms with E-state index in [0.29, 0.717) is 5.92 Å².